The van der Waals surface area contributed by atoms with E-state index in [0.29, 0.717) is 37.8 Å². The van der Waals surface area contributed by atoms with Gasteiger partial charge >= 0.3 is 0 Å². The van der Waals surface area contributed by atoms with Gasteiger partial charge in [0.1, 0.15) is 5.82 Å². The Bertz CT molecular complexity index is 969. The number of nitrogens with zero attached hydrogens (tertiary/aromatic N) is 2. The van der Waals surface area contributed by atoms with Gasteiger partial charge in [0.25, 0.3) is 0 Å². The Labute approximate surface area is 181 Å². The molecule has 0 aliphatic carbocycles. The molecule has 0 radical (unpaired) electrons. The second-order valence-corrected chi connectivity index (χ2v) is 7.50. The van der Waals surface area contributed by atoms with Gasteiger partial charge in [0.05, 0.1) is 25.5 Å². The molecule has 1 aliphatic heterocycles. The first-order valence-electron chi connectivity index (χ1n) is 10.5. The Balaban J connectivity index is 1.31. The molecule has 4 rings (SSSR count). The number of nitrogens with one attached hydrogen (secondary N) is 1. The molecular formula is C24H26FN3O3. The summed E-state index contributed by atoms with van der Waals surface area (Å²) >= 11 is 0. The van der Waals surface area contributed by atoms with Crippen molar-refractivity contribution in [3.8, 4) is 11.3 Å². The lowest BCUT2D eigenvalue weighted by atomic mass is 10.0. The highest BCUT2D eigenvalue weighted by molar-refractivity contribution is 5.76. The van der Waals surface area contributed by atoms with Gasteiger partial charge in [-0.25, -0.2) is 9.37 Å². The maximum absolute atomic E-state index is 13.1. The maximum Gasteiger partial charge on any atom is 0.220 e. The van der Waals surface area contributed by atoms with Gasteiger partial charge in [0.2, 0.25) is 5.91 Å². The van der Waals surface area contributed by atoms with Crippen LogP contribution < -0.4 is 5.32 Å². The second kappa shape index (κ2) is 10.3. The predicted octanol–water partition coefficient (Wildman–Crippen LogP) is 3.60. The molecule has 2 aromatic carbocycles. The summed E-state index contributed by atoms with van der Waals surface area (Å²) in [6.07, 6.45) is 2.29. The number of ether oxygens (including phenoxy) is 1. The van der Waals surface area contributed by atoms with E-state index in [0.717, 1.165) is 18.7 Å². The molecular weight excluding hydrogens is 397 g/mol. The molecule has 3 aromatic rings. The highest BCUT2D eigenvalue weighted by Crippen LogP contribution is 2.22. The number of benzene rings is 2. The van der Waals surface area contributed by atoms with Crippen LogP contribution in [0.5, 0.6) is 0 Å². The molecule has 1 aliphatic rings. The van der Waals surface area contributed by atoms with Crippen molar-refractivity contribution < 1.29 is 18.3 Å². The van der Waals surface area contributed by atoms with E-state index in [1.807, 2.05) is 18.2 Å². The van der Waals surface area contributed by atoms with Crippen LogP contribution in [0.1, 0.15) is 23.9 Å². The fourth-order valence-electron chi connectivity index (χ4n) is 3.71. The van der Waals surface area contributed by atoms with Gasteiger partial charge in [-0.15, -0.1) is 0 Å². The first kappa shape index (κ1) is 21.2. The Morgan fingerprint density at radius 1 is 1.10 bits per heavy atom. The largest absolute Gasteiger partial charge is 0.441 e. The van der Waals surface area contributed by atoms with Crippen molar-refractivity contribution in [2.45, 2.75) is 18.9 Å². The van der Waals surface area contributed by atoms with Gasteiger partial charge in [0.15, 0.2) is 11.7 Å². The third-order valence-electron chi connectivity index (χ3n) is 5.41. The van der Waals surface area contributed by atoms with Crippen LogP contribution in [0.15, 0.2) is 65.2 Å². The molecule has 1 atom stereocenters. The smallest absolute Gasteiger partial charge is 0.220 e. The molecule has 2 heterocycles. The number of rotatable bonds is 8. The third kappa shape index (κ3) is 5.77. The Morgan fingerprint density at radius 2 is 1.84 bits per heavy atom. The molecule has 1 aromatic heterocycles. The SMILES string of the molecule is O=C(CCc1ncc(-c2ccc(F)cc2)o1)NCC(c1ccccc1)N1CCOCC1. The third-order valence-corrected chi connectivity index (χ3v) is 5.41. The number of carbonyl (C=O) groups is 1. The number of halogens is 1. The van der Waals surface area contributed by atoms with Crippen LogP contribution in [-0.2, 0) is 16.0 Å². The molecule has 6 nitrogen and oxygen atoms in total. The van der Waals surface area contributed by atoms with Gasteiger partial charge < -0.3 is 14.5 Å². The van der Waals surface area contributed by atoms with Crippen molar-refractivity contribution in [3.05, 3.63) is 78.1 Å². The van der Waals surface area contributed by atoms with Crippen LogP contribution in [0.25, 0.3) is 11.3 Å². The standard InChI is InChI=1S/C24H26FN3O3/c25-20-8-6-19(7-9-20)22-17-27-24(31-22)11-10-23(29)26-16-21(18-4-2-1-3-5-18)28-12-14-30-15-13-28/h1-9,17,21H,10-16H2,(H,26,29). The lowest BCUT2D eigenvalue weighted by molar-refractivity contribution is -0.121. The van der Waals surface area contributed by atoms with Gasteiger partial charge in [-0.3, -0.25) is 9.69 Å². The number of hydrogen-bond acceptors (Lipinski definition) is 5. The number of morpholine rings is 1. The summed E-state index contributed by atoms with van der Waals surface area (Å²) in [5.74, 6) is 0.705. The summed E-state index contributed by atoms with van der Waals surface area (Å²) in [7, 11) is 0. The average molecular weight is 423 g/mol. The van der Waals surface area contributed by atoms with E-state index in [1.165, 1.54) is 17.7 Å². The van der Waals surface area contributed by atoms with Crippen molar-refractivity contribution in [3.63, 3.8) is 0 Å². The fraction of sp³-hybridized carbons (Fsp3) is 0.333. The topological polar surface area (TPSA) is 67.6 Å². The van der Waals surface area contributed by atoms with Gasteiger partial charge in [-0.1, -0.05) is 30.3 Å². The summed E-state index contributed by atoms with van der Waals surface area (Å²) in [5.41, 5.74) is 1.93. The summed E-state index contributed by atoms with van der Waals surface area (Å²) in [5, 5.41) is 3.06. The van der Waals surface area contributed by atoms with Gasteiger partial charge in [-0.05, 0) is 29.8 Å². The molecule has 1 N–H and O–H groups in total. The summed E-state index contributed by atoms with van der Waals surface area (Å²) in [6, 6.07) is 16.4. The zero-order chi connectivity index (χ0) is 21.5. The minimum absolute atomic E-state index is 0.0456. The second-order valence-electron chi connectivity index (χ2n) is 7.50. The Kier molecular flexibility index (Phi) is 7.07. The molecule has 0 saturated carbocycles. The number of aryl methyl sites for hydroxylation is 1. The number of amides is 1. The molecule has 1 saturated heterocycles. The number of aromatic nitrogens is 1. The minimum Gasteiger partial charge on any atom is -0.441 e. The Hall–Kier alpha value is -3.03. The van der Waals surface area contributed by atoms with Gasteiger partial charge in [0, 0.05) is 38.0 Å². The summed E-state index contributed by atoms with van der Waals surface area (Å²) < 4.78 is 24.3. The molecule has 1 fully saturated rings. The molecule has 7 heteroatoms. The highest BCUT2D eigenvalue weighted by Gasteiger charge is 2.23. The van der Waals surface area contributed by atoms with E-state index in [4.69, 9.17) is 9.15 Å². The van der Waals surface area contributed by atoms with Crippen LogP contribution >= 0.6 is 0 Å². The van der Waals surface area contributed by atoms with Crippen LogP contribution in [-0.4, -0.2) is 48.6 Å². The molecule has 162 valence electrons. The number of oxazole rings is 1. The monoisotopic (exact) mass is 423 g/mol. The van der Waals surface area contributed by atoms with Crippen molar-refractivity contribution >= 4 is 5.91 Å². The van der Waals surface area contributed by atoms with E-state index >= 15 is 0 Å². The first-order chi connectivity index (χ1) is 15.2. The summed E-state index contributed by atoms with van der Waals surface area (Å²) in [6.45, 7) is 3.64. The number of carbonyl (C=O) groups excluding carboxylic acids is 1. The molecule has 1 unspecified atom stereocenters. The fourth-order valence-corrected chi connectivity index (χ4v) is 3.71. The molecule has 1 amide bonds. The zero-order valence-corrected chi connectivity index (χ0v) is 17.3. The van der Waals surface area contributed by atoms with E-state index in [2.05, 4.69) is 27.3 Å². The van der Waals surface area contributed by atoms with E-state index in [-0.39, 0.29) is 24.2 Å². The van der Waals surface area contributed by atoms with E-state index in [1.54, 1.807) is 18.3 Å². The lowest BCUT2D eigenvalue weighted by Crippen LogP contribution is -2.43. The van der Waals surface area contributed by atoms with Crippen LogP contribution in [0, 0.1) is 5.82 Å². The van der Waals surface area contributed by atoms with Crippen molar-refractivity contribution in [2.24, 2.45) is 0 Å². The first-order valence-corrected chi connectivity index (χ1v) is 10.5. The van der Waals surface area contributed by atoms with E-state index in [9.17, 15) is 9.18 Å². The average Bonchev–Trinajstić information content (AvgIpc) is 3.29. The molecule has 31 heavy (non-hydrogen) atoms. The van der Waals surface area contributed by atoms with Gasteiger partial charge in [-0.2, -0.15) is 0 Å². The maximum atomic E-state index is 13.1. The normalized spacial score (nSPS) is 15.5. The molecule has 0 bridgehead atoms. The van der Waals surface area contributed by atoms with Crippen molar-refractivity contribution in [1.82, 2.24) is 15.2 Å². The Morgan fingerprint density at radius 3 is 2.58 bits per heavy atom. The van der Waals surface area contributed by atoms with Crippen LogP contribution in [0.4, 0.5) is 4.39 Å². The van der Waals surface area contributed by atoms with E-state index < -0.39 is 0 Å². The zero-order valence-electron chi connectivity index (χ0n) is 17.3. The highest BCUT2D eigenvalue weighted by atomic mass is 19.1. The minimum atomic E-state index is -0.300. The van der Waals surface area contributed by atoms with Crippen molar-refractivity contribution in [2.75, 3.05) is 32.8 Å². The van der Waals surface area contributed by atoms with Crippen LogP contribution in [0.3, 0.4) is 0 Å². The number of hydrogen-bond donors (Lipinski definition) is 1. The van der Waals surface area contributed by atoms with Crippen LogP contribution in [0.2, 0.25) is 0 Å². The molecule has 0 spiro atoms. The van der Waals surface area contributed by atoms with Crippen molar-refractivity contribution in [1.29, 1.82) is 0 Å². The lowest BCUT2D eigenvalue weighted by Gasteiger charge is -2.35. The quantitative estimate of drug-likeness (QED) is 0.600. The summed E-state index contributed by atoms with van der Waals surface area (Å²) in [4.78, 5) is 19.1. The predicted molar refractivity (Wildman–Crippen MR) is 115 cm³/mol.